The van der Waals surface area contributed by atoms with Gasteiger partial charge in [0, 0.05) is 12.1 Å². The number of hydrogen-bond acceptors (Lipinski definition) is 4. The molecule has 0 radical (unpaired) electrons. The van der Waals surface area contributed by atoms with Crippen molar-refractivity contribution in [3.05, 3.63) is 29.3 Å². The second-order valence-electron chi connectivity index (χ2n) is 5.12. The first-order valence-electron chi connectivity index (χ1n) is 7.04. The van der Waals surface area contributed by atoms with Gasteiger partial charge in [0.25, 0.3) is 0 Å². The minimum atomic E-state index is -4.41. The molecule has 8 heteroatoms. The Morgan fingerprint density at radius 3 is 2.74 bits per heavy atom. The summed E-state index contributed by atoms with van der Waals surface area (Å²) in [7, 11) is 0. The number of carbonyl (C=O) groups is 1. The zero-order valence-electron chi connectivity index (χ0n) is 13.1. The Kier molecular flexibility index (Phi) is 7.70. The molecule has 1 aromatic rings. The van der Waals surface area contributed by atoms with Crippen LogP contribution in [0.4, 0.5) is 13.2 Å². The molecule has 0 aliphatic heterocycles. The van der Waals surface area contributed by atoms with Crippen LogP contribution >= 0.6 is 11.8 Å². The molecule has 0 bridgehead atoms. The number of rotatable bonds is 8. The lowest BCUT2D eigenvalue weighted by Crippen LogP contribution is -2.40. The minimum Gasteiger partial charge on any atom is -0.484 e. The average molecular weight is 350 g/mol. The molecule has 0 fully saturated rings. The molecular formula is C15H21F3N2O2S. The van der Waals surface area contributed by atoms with Gasteiger partial charge in [-0.25, -0.2) is 0 Å². The molecule has 23 heavy (non-hydrogen) atoms. The molecular weight excluding hydrogens is 329 g/mol. The maximum Gasteiger partial charge on any atom is 0.422 e. The number of halogens is 3. The first kappa shape index (κ1) is 19.6. The Morgan fingerprint density at radius 1 is 1.43 bits per heavy atom. The van der Waals surface area contributed by atoms with Crippen molar-refractivity contribution in [1.29, 1.82) is 0 Å². The van der Waals surface area contributed by atoms with Crippen LogP contribution in [0.3, 0.4) is 0 Å². The van der Waals surface area contributed by atoms with E-state index in [2.05, 4.69) is 5.32 Å². The van der Waals surface area contributed by atoms with Crippen molar-refractivity contribution < 1.29 is 22.7 Å². The third-order valence-electron chi connectivity index (χ3n) is 3.04. The second kappa shape index (κ2) is 9.02. The van der Waals surface area contributed by atoms with Gasteiger partial charge >= 0.3 is 6.18 Å². The van der Waals surface area contributed by atoms with Crippen LogP contribution in [0.5, 0.6) is 5.75 Å². The minimum absolute atomic E-state index is 0.0687. The maximum atomic E-state index is 12.3. The molecule has 0 saturated carbocycles. The summed E-state index contributed by atoms with van der Waals surface area (Å²) in [5.74, 6) is 0.542. The number of nitrogens with one attached hydrogen (secondary N) is 1. The fourth-order valence-corrected chi connectivity index (χ4v) is 2.28. The maximum absolute atomic E-state index is 12.3. The molecule has 1 atom stereocenters. The van der Waals surface area contributed by atoms with E-state index in [1.165, 1.54) is 6.07 Å². The van der Waals surface area contributed by atoms with Gasteiger partial charge in [0.15, 0.2) is 6.61 Å². The van der Waals surface area contributed by atoms with E-state index in [1.807, 2.05) is 6.26 Å². The van der Waals surface area contributed by atoms with E-state index in [-0.39, 0.29) is 18.2 Å². The van der Waals surface area contributed by atoms with E-state index in [1.54, 1.807) is 30.8 Å². The summed E-state index contributed by atoms with van der Waals surface area (Å²) in [5.41, 5.74) is 6.99. The number of carbonyl (C=O) groups excluding carboxylic acids is 1. The Balaban J connectivity index is 2.67. The van der Waals surface area contributed by atoms with Crippen LogP contribution in [0.1, 0.15) is 17.5 Å². The zero-order chi connectivity index (χ0) is 17.5. The number of benzene rings is 1. The Hall–Kier alpha value is -1.41. The Morgan fingerprint density at radius 2 is 2.13 bits per heavy atom. The smallest absolute Gasteiger partial charge is 0.422 e. The fourth-order valence-electron chi connectivity index (χ4n) is 1.79. The van der Waals surface area contributed by atoms with E-state index in [0.717, 1.165) is 11.3 Å². The lowest BCUT2D eigenvalue weighted by molar-refractivity contribution is -0.153. The van der Waals surface area contributed by atoms with Crippen LogP contribution in [-0.2, 0) is 11.3 Å². The number of aryl methyl sites for hydroxylation is 1. The number of amides is 1. The van der Waals surface area contributed by atoms with E-state index >= 15 is 0 Å². The molecule has 1 aromatic carbocycles. The summed E-state index contributed by atoms with van der Waals surface area (Å²) >= 11 is 1.59. The van der Waals surface area contributed by atoms with Crippen LogP contribution in [0.25, 0.3) is 0 Å². The van der Waals surface area contributed by atoms with Crippen LogP contribution < -0.4 is 15.8 Å². The van der Waals surface area contributed by atoms with Gasteiger partial charge in [-0.15, -0.1) is 0 Å². The van der Waals surface area contributed by atoms with Gasteiger partial charge in [0.1, 0.15) is 5.75 Å². The molecule has 0 heterocycles. The van der Waals surface area contributed by atoms with Crippen molar-refractivity contribution in [1.82, 2.24) is 5.32 Å². The van der Waals surface area contributed by atoms with E-state index in [0.29, 0.717) is 12.0 Å². The standard InChI is InChI=1S/C15H21F3N2O2S/c1-10-3-4-11(13(7-10)22-9-15(16,17)18)8-20-14(21)12(19)5-6-23-2/h3-4,7,12H,5-6,8-9,19H2,1-2H3,(H,20,21)/t12-/m0/s1. The van der Waals surface area contributed by atoms with E-state index in [9.17, 15) is 18.0 Å². The zero-order valence-corrected chi connectivity index (χ0v) is 13.9. The van der Waals surface area contributed by atoms with Crippen LogP contribution in [0.15, 0.2) is 18.2 Å². The van der Waals surface area contributed by atoms with Crippen LogP contribution in [-0.4, -0.2) is 36.7 Å². The summed E-state index contributed by atoms with van der Waals surface area (Å²) in [5, 5.41) is 2.63. The fraction of sp³-hybridized carbons (Fsp3) is 0.533. The molecule has 3 N–H and O–H groups in total. The van der Waals surface area contributed by atoms with Crippen molar-refractivity contribution in [3.8, 4) is 5.75 Å². The largest absolute Gasteiger partial charge is 0.484 e. The molecule has 0 aliphatic rings. The number of ether oxygens (including phenoxy) is 1. The molecule has 4 nitrogen and oxygen atoms in total. The summed E-state index contributed by atoms with van der Waals surface area (Å²) in [6, 6.07) is 4.26. The third-order valence-corrected chi connectivity index (χ3v) is 3.68. The molecule has 130 valence electrons. The second-order valence-corrected chi connectivity index (χ2v) is 6.11. The van der Waals surface area contributed by atoms with Crippen molar-refractivity contribution in [2.75, 3.05) is 18.6 Å². The SMILES string of the molecule is CSCC[C@H](N)C(=O)NCc1ccc(C)cc1OCC(F)(F)F. The number of thioether (sulfide) groups is 1. The predicted octanol–water partition coefficient (Wildman–Crippen LogP) is 2.63. The summed E-state index contributed by atoms with van der Waals surface area (Å²) in [4.78, 5) is 11.9. The van der Waals surface area contributed by atoms with Gasteiger partial charge in [-0.3, -0.25) is 4.79 Å². The Bertz CT molecular complexity index is 524. The lowest BCUT2D eigenvalue weighted by Gasteiger charge is -2.16. The number of nitrogens with two attached hydrogens (primary N) is 1. The first-order chi connectivity index (χ1) is 10.7. The molecule has 0 saturated heterocycles. The highest BCUT2D eigenvalue weighted by Crippen LogP contribution is 2.23. The highest BCUT2D eigenvalue weighted by molar-refractivity contribution is 7.98. The van der Waals surface area contributed by atoms with Crippen molar-refractivity contribution in [2.24, 2.45) is 5.73 Å². The molecule has 1 rings (SSSR count). The van der Waals surface area contributed by atoms with Gasteiger partial charge < -0.3 is 15.8 Å². The number of hydrogen-bond donors (Lipinski definition) is 2. The molecule has 0 spiro atoms. The van der Waals surface area contributed by atoms with E-state index < -0.39 is 18.8 Å². The monoisotopic (exact) mass is 350 g/mol. The highest BCUT2D eigenvalue weighted by atomic mass is 32.2. The summed E-state index contributed by atoms with van der Waals surface area (Å²) in [6.07, 6.45) is -1.95. The Labute approximate surface area is 138 Å². The van der Waals surface area contributed by atoms with E-state index in [4.69, 9.17) is 10.5 Å². The lowest BCUT2D eigenvalue weighted by atomic mass is 10.1. The topological polar surface area (TPSA) is 64.4 Å². The summed E-state index contributed by atoms with van der Waals surface area (Å²) in [6.45, 7) is 0.449. The molecule has 1 amide bonds. The van der Waals surface area contributed by atoms with Gasteiger partial charge in [-0.2, -0.15) is 24.9 Å². The van der Waals surface area contributed by atoms with Crippen LogP contribution in [0.2, 0.25) is 0 Å². The van der Waals surface area contributed by atoms with Gasteiger partial charge in [-0.05, 0) is 37.0 Å². The molecule has 0 unspecified atom stereocenters. The molecule has 0 aliphatic carbocycles. The van der Waals surface area contributed by atoms with Crippen LogP contribution in [0, 0.1) is 6.92 Å². The third kappa shape index (κ3) is 7.60. The van der Waals surface area contributed by atoms with Crippen molar-refractivity contribution >= 4 is 17.7 Å². The average Bonchev–Trinajstić information content (AvgIpc) is 2.48. The van der Waals surface area contributed by atoms with Gasteiger partial charge in [-0.1, -0.05) is 12.1 Å². The first-order valence-corrected chi connectivity index (χ1v) is 8.43. The van der Waals surface area contributed by atoms with Gasteiger partial charge in [0.05, 0.1) is 6.04 Å². The molecule has 0 aromatic heterocycles. The summed E-state index contributed by atoms with van der Waals surface area (Å²) < 4.78 is 41.7. The van der Waals surface area contributed by atoms with Gasteiger partial charge in [0.2, 0.25) is 5.91 Å². The van der Waals surface area contributed by atoms with Crippen molar-refractivity contribution in [2.45, 2.75) is 32.1 Å². The number of alkyl halides is 3. The van der Waals surface area contributed by atoms with Crippen molar-refractivity contribution in [3.63, 3.8) is 0 Å². The quantitative estimate of drug-likeness (QED) is 0.757. The highest BCUT2D eigenvalue weighted by Gasteiger charge is 2.28. The normalized spacial score (nSPS) is 12.8. The predicted molar refractivity (Wildman–Crippen MR) is 85.6 cm³/mol.